The SMILES string of the molecule is CC(Nc1cccc(I)c1)C(=O)OC(C)(C)C. The number of benzene rings is 1. The van der Waals surface area contributed by atoms with E-state index in [1.165, 1.54) is 0 Å². The largest absolute Gasteiger partial charge is 0.458 e. The smallest absolute Gasteiger partial charge is 0.328 e. The van der Waals surface area contributed by atoms with Gasteiger partial charge in [-0.05, 0) is 68.5 Å². The molecule has 94 valence electrons. The number of anilines is 1. The van der Waals surface area contributed by atoms with Gasteiger partial charge in [0.05, 0.1) is 0 Å². The molecule has 0 radical (unpaired) electrons. The number of halogens is 1. The molecule has 1 aromatic rings. The van der Waals surface area contributed by atoms with Gasteiger partial charge >= 0.3 is 5.97 Å². The molecule has 0 aromatic heterocycles. The summed E-state index contributed by atoms with van der Waals surface area (Å²) in [5.74, 6) is -0.239. The third kappa shape index (κ3) is 5.39. The summed E-state index contributed by atoms with van der Waals surface area (Å²) in [6, 6.07) is 7.52. The monoisotopic (exact) mass is 347 g/mol. The van der Waals surface area contributed by atoms with E-state index in [9.17, 15) is 4.79 Å². The molecule has 4 heteroatoms. The molecule has 17 heavy (non-hydrogen) atoms. The Bertz CT molecular complexity index is 399. The van der Waals surface area contributed by atoms with Crippen molar-refractivity contribution in [2.75, 3.05) is 5.32 Å². The number of hydrogen-bond donors (Lipinski definition) is 1. The fourth-order valence-electron chi connectivity index (χ4n) is 1.28. The first kappa shape index (κ1) is 14.3. The molecule has 3 nitrogen and oxygen atoms in total. The molecule has 0 saturated heterocycles. The van der Waals surface area contributed by atoms with Crippen LogP contribution < -0.4 is 5.32 Å². The molecule has 1 unspecified atom stereocenters. The maximum atomic E-state index is 11.8. The van der Waals surface area contributed by atoms with Crippen LogP contribution in [0.25, 0.3) is 0 Å². The Hall–Kier alpha value is -0.780. The van der Waals surface area contributed by atoms with Crippen molar-refractivity contribution in [2.45, 2.75) is 39.3 Å². The first-order valence-electron chi connectivity index (χ1n) is 5.53. The van der Waals surface area contributed by atoms with Gasteiger partial charge in [-0.1, -0.05) is 6.07 Å². The number of ether oxygens (including phenoxy) is 1. The maximum Gasteiger partial charge on any atom is 0.328 e. The number of rotatable bonds is 3. The van der Waals surface area contributed by atoms with Crippen LogP contribution in [-0.2, 0) is 9.53 Å². The lowest BCUT2D eigenvalue weighted by atomic mass is 10.2. The molecule has 0 aliphatic heterocycles. The van der Waals surface area contributed by atoms with Gasteiger partial charge in [0.1, 0.15) is 11.6 Å². The van der Waals surface area contributed by atoms with E-state index < -0.39 is 5.60 Å². The van der Waals surface area contributed by atoms with Crippen LogP contribution in [0, 0.1) is 3.57 Å². The zero-order valence-electron chi connectivity index (χ0n) is 10.6. The lowest BCUT2D eigenvalue weighted by molar-refractivity contribution is -0.155. The fourth-order valence-corrected chi connectivity index (χ4v) is 1.82. The first-order valence-corrected chi connectivity index (χ1v) is 6.61. The van der Waals surface area contributed by atoms with Crippen LogP contribution in [0.2, 0.25) is 0 Å². The molecule has 0 amide bonds. The minimum absolute atomic E-state index is 0.239. The average molecular weight is 347 g/mol. The molecule has 0 heterocycles. The second kappa shape index (κ2) is 5.71. The summed E-state index contributed by atoms with van der Waals surface area (Å²) >= 11 is 2.24. The highest BCUT2D eigenvalue weighted by atomic mass is 127. The summed E-state index contributed by atoms with van der Waals surface area (Å²) in [5, 5.41) is 3.13. The van der Waals surface area contributed by atoms with Gasteiger partial charge in [-0.15, -0.1) is 0 Å². The molecule has 1 aromatic carbocycles. The van der Waals surface area contributed by atoms with E-state index in [1.54, 1.807) is 6.92 Å². The Morgan fingerprint density at radius 2 is 2.06 bits per heavy atom. The summed E-state index contributed by atoms with van der Waals surface area (Å²) in [7, 11) is 0. The fraction of sp³-hybridized carbons (Fsp3) is 0.462. The van der Waals surface area contributed by atoms with Crippen LogP contribution in [0.1, 0.15) is 27.7 Å². The molecule has 1 N–H and O–H groups in total. The number of hydrogen-bond acceptors (Lipinski definition) is 3. The quantitative estimate of drug-likeness (QED) is 0.673. The van der Waals surface area contributed by atoms with Crippen molar-refractivity contribution in [1.82, 2.24) is 0 Å². The Morgan fingerprint density at radius 3 is 2.59 bits per heavy atom. The molecular formula is C13H18INO2. The molecule has 1 rings (SSSR count). The van der Waals surface area contributed by atoms with Crippen LogP contribution in [0.3, 0.4) is 0 Å². The molecule has 0 bridgehead atoms. The van der Waals surface area contributed by atoms with E-state index in [0.717, 1.165) is 9.26 Å². The van der Waals surface area contributed by atoms with Gasteiger partial charge < -0.3 is 10.1 Å². The second-order valence-electron chi connectivity index (χ2n) is 4.91. The zero-order chi connectivity index (χ0) is 13.1. The van der Waals surface area contributed by atoms with Gasteiger partial charge in [0, 0.05) is 9.26 Å². The Labute approximate surface area is 116 Å². The predicted molar refractivity (Wildman–Crippen MR) is 78.1 cm³/mol. The number of carbonyl (C=O) groups excluding carboxylic acids is 1. The topological polar surface area (TPSA) is 38.3 Å². The van der Waals surface area contributed by atoms with Gasteiger partial charge in [0.15, 0.2) is 0 Å². The van der Waals surface area contributed by atoms with Crippen LogP contribution in [0.15, 0.2) is 24.3 Å². The highest BCUT2D eigenvalue weighted by Crippen LogP contribution is 2.15. The third-order valence-corrected chi connectivity index (χ3v) is 2.64. The van der Waals surface area contributed by atoms with Crippen molar-refractivity contribution < 1.29 is 9.53 Å². The van der Waals surface area contributed by atoms with Gasteiger partial charge in [-0.2, -0.15) is 0 Å². The molecule has 1 atom stereocenters. The first-order chi connectivity index (χ1) is 7.78. The van der Waals surface area contributed by atoms with Gasteiger partial charge in [-0.25, -0.2) is 4.79 Å². The zero-order valence-corrected chi connectivity index (χ0v) is 12.7. The average Bonchev–Trinajstić information content (AvgIpc) is 2.14. The van der Waals surface area contributed by atoms with Crippen molar-refractivity contribution >= 4 is 34.2 Å². The lowest BCUT2D eigenvalue weighted by Crippen LogP contribution is -2.34. The lowest BCUT2D eigenvalue weighted by Gasteiger charge is -2.23. The van der Waals surface area contributed by atoms with Gasteiger partial charge in [-0.3, -0.25) is 0 Å². The van der Waals surface area contributed by atoms with Crippen molar-refractivity contribution in [2.24, 2.45) is 0 Å². The van der Waals surface area contributed by atoms with E-state index in [-0.39, 0.29) is 12.0 Å². The Kier molecular flexibility index (Phi) is 4.80. The Morgan fingerprint density at radius 1 is 1.41 bits per heavy atom. The number of carbonyl (C=O) groups is 1. The molecule has 0 aliphatic carbocycles. The van der Waals surface area contributed by atoms with Crippen LogP contribution >= 0.6 is 22.6 Å². The van der Waals surface area contributed by atoms with Crippen LogP contribution in [0.4, 0.5) is 5.69 Å². The maximum absolute atomic E-state index is 11.8. The van der Waals surface area contributed by atoms with Crippen molar-refractivity contribution in [3.8, 4) is 0 Å². The Balaban J connectivity index is 2.60. The molecule has 0 aliphatic rings. The normalized spacial score (nSPS) is 13.0. The minimum Gasteiger partial charge on any atom is -0.458 e. The van der Waals surface area contributed by atoms with E-state index in [4.69, 9.17) is 4.74 Å². The minimum atomic E-state index is -0.446. The van der Waals surface area contributed by atoms with Crippen LogP contribution in [-0.4, -0.2) is 17.6 Å². The standard InChI is InChI=1S/C13H18INO2/c1-9(12(16)17-13(2,3)4)15-11-7-5-6-10(14)8-11/h5-9,15H,1-4H3. The summed E-state index contributed by atoms with van der Waals surface area (Å²) < 4.78 is 6.43. The third-order valence-electron chi connectivity index (χ3n) is 1.97. The van der Waals surface area contributed by atoms with E-state index in [0.29, 0.717) is 0 Å². The van der Waals surface area contributed by atoms with Crippen molar-refractivity contribution in [3.63, 3.8) is 0 Å². The number of nitrogens with one attached hydrogen (secondary N) is 1. The predicted octanol–water partition coefficient (Wildman–Crippen LogP) is 3.43. The highest BCUT2D eigenvalue weighted by Gasteiger charge is 2.21. The highest BCUT2D eigenvalue weighted by molar-refractivity contribution is 14.1. The van der Waals surface area contributed by atoms with E-state index in [2.05, 4.69) is 27.9 Å². The molecular weight excluding hydrogens is 329 g/mol. The van der Waals surface area contributed by atoms with Crippen molar-refractivity contribution in [3.05, 3.63) is 27.8 Å². The molecule has 0 fully saturated rings. The summed E-state index contributed by atoms with van der Waals surface area (Å²) in [4.78, 5) is 11.8. The van der Waals surface area contributed by atoms with E-state index in [1.807, 2.05) is 45.0 Å². The van der Waals surface area contributed by atoms with Crippen molar-refractivity contribution in [1.29, 1.82) is 0 Å². The summed E-state index contributed by atoms with van der Waals surface area (Å²) in [6.07, 6.45) is 0. The second-order valence-corrected chi connectivity index (χ2v) is 6.16. The summed E-state index contributed by atoms with van der Waals surface area (Å²) in [5.41, 5.74) is 0.480. The molecule has 0 saturated carbocycles. The van der Waals surface area contributed by atoms with E-state index >= 15 is 0 Å². The molecule has 0 spiro atoms. The van der Waals surface area contributed by atoms with Gasteiger partial charge in [0.25, 0.3) is 0 Å². The van der Waals surface area contributed by atoms with Gasteiger partial charge in [0.2, 0.25) is 0 Å². The summed E-state index contributed by atoms with van der Waals surface area (Å²) in [6.45, 7) is 7.39. The number of esters is 1. The van der Waals surface area contributed by atoms with Crippen LogP contribution in [0.5, 0.6) is 0 Å².